The van der Waals surface area contributed by atoms with Crippen LogP contribution in [-0.4, -0.2) is 37.5 Å². The highest BCUT2D eigenvalue weighted by atomic mass is 16.5. The Labute approximate surface area is 136 Å². The van der Waals surface area contributed by atoms with Crippen LogP contribution in [0.2, 0.25) is 0 Å². The normalized spacial score (nSPS) is 20.0. The molecule has 1 atom stereocenters. The monoisotopic (exact) mass is 320 g/mol. The van der Waals surface area contributed by atoms with Gasteiger partial charge in [0.05, 0.1) is 26.7 Å². The van der Waals surface area contributed by atoms with Crippen molar-refractivity contribution in [1.29, 1.82) is 0 Å². The van der Waals surface area contributed by atoms with Gasteiger partial charge in [-0.05, 0) is 24.8 Å². The van der Waals surface area contributed by atoms with Crippen LogP contribution in [0.1, 0.15) is 43.6 Å². The Morgan fingerprint density at radius 1 is 1.30 bits per heavy atom. The summed E-state index contributed by atoms with van der Waals surface area (Å²) in [6, 6.07) is 5.79. The van der Waals surface area contributed by atoms with Gasteiger partial charge < -0.3 is 19.3 Å². The number of aliphatic carboxylic acids is 1. The molecule has 0 bridgehead atoms. The van der Waals surface area contributed by atoms with E-state index in [-0.39, 0.29) is 18.4 Å². The molecule has 3 rings (SSSR count). The summed E-state index contributed by atoms with van der Waals surface area (Å²) < 4.78 is 17.1. The number of carboxylic acid groups (broad SMARTS) is 1. The molecule has 1 saturated heterocycles. The van der Waals surface area contributed by atoms with Gasteiger partial charge in [0, 0.05) is 24.3 Å². The van der Waals surface area contributed by atoms with Crippen LogP contribution in [0.3, 0.4) is 0 Å². The average molecular weight is 320 g/mol. The molecular weight excluding hydrogens is 296 g/mol. The van der Waals surface area contributed by atoms with Crippen molar-refractivity contribution in [3.63, 3.8) is 0 Å². The Kier molecular flexibility index (Phi) is 5.06. The van der Waals surface area contributed by atoms with Crippen LogP contribution >= 0.6 is 0 Å². The molecule has 2 fully saturated rings. The zero-order valence-corrected chi connectivity index (χ0v) is 13.5. The zero-order valence-electron chi connectivity index (χ0n) is 13.5. The van der Waals surface area contributed by atoms with Crippen molar-refractivity contribution in [2.45, 2.75) is 44.1 Å². The second-order valence-corrected chi connectivity index (χ2v) is 6.35. The number of hydrogen-bond donors (Lipinski definition) is 1. The quantitative estimate of drug-likeness (QED) is 0.835. The van der Waals surface area contributed by atoms with Crippen molar-refractivity contribution in [2.75, 3.05) is 20.3 Å². The lowest BCUT2D eigenvalue weighted by molar-refractivity contribution is -0.137. The lowest BCUT2D eigenvalue weighted by Crippen LogP contribution is -2.26. The maximum Gasteiger partial charge on any atom is 0.303 e. The number of rotatable bonds is 7. The number of para-hydroxylation sites is 1. The van der Waals surface area contributed by atoms with E-state index in [0.717, 1.165) is 37.0 Å². The number of benzene rings is 1. The fraction of sp³-hybridized carbons (Fsp3) is 0.611. The smallest absolute Gasteiger partial charge is 0.303 e. The van der Waals surface area contributed by atoms with Crippen molar-refractivity contribution in [3.8, 4) is 11.5 Å². The molecule has 1 N–H and O–H groups in total. The van der Waals surface area contributed by atoms with Crippen LogP contribution < -0.4 is 9.47 Å². The van der Waals surface area contributed by atoms with Crippen LogP contribution in [-0.2, 0) is 9.53 Å². The number of hydrogen-bond acceptors (Lipinski definition) is 4. The van der Waals surface area contributed by atoms with Crippen LogP contribution in [0.4, 0.5) is 0 Å². The molecule has 1 aromatic rings. The highest BCUT2D eigenvalue weighted by Gasteiger charge is 2.36. The molecule has 0 aromatic heterocycles. The van der Waals surface area contributed by atoms with Crippen molar-refractivity contribution in [3.05, 3.63) is 23.8 Å². The number of carboxylic acids is 1. The maximum atomic E-state index is 11.3. The first-order chi connectivity index (χ1) is 11.2. The molecule has 126 valence electrons. The van der Waals surface area contributed by atoms with Crippen molar-refractivity contribution in [2.24, 2.45) is 5.92 Å². The summed E-state index contributed by atoms with van der Waals surface area (Å²) in [5.74, 6) is 1.08. The van der Waals surface area contributed by atoms with Crippen molar-refractivity contribution in [1.82, 2.24) is 0 Å². The topological polar surface area (TPSA) is 65.0 Å². The fourth-order valence-electron chi connectivity index (χ4n) is 3.29. The van der Waals surface area contributed by atoms with Gasteiger partial charge in [0.1, 0.15) is 6.10 Å². The maximum absolute atomic E-state index is 11.3. The summed E-state index contributed by atoms with van der Waals surface area (Å²) in [5.41, 5.74) is 0.973. The summed E-state index contributed by atoms with van der Waals surface area (Å²) in [7, 11) is 1.62. The van der Waals surface area contributed by atoms with Gasteiger partial charge in [-0.1, -0.05) is 12.1 Å². The first-order valence-electron chi connectivity index (χ1n) is 8.32. The lowest BCUT2D eigenvalue weighted by atomic mass is 9.90. The van der Waals surface area contributed by atoms with Gasteiger partial charge in [-0.2, -0.15) is 0 Å². The van der Waals surface area contributed by atoms with E-state index in [9.17, 15) is 9.90 Å². The molecule has 1 aliphatic heterocycles. The average Bonchev–Trinajstić information content (AvgIpc) is 3.39. The van der Waals surface area contributed by atoms with E-state index in [0.29, 0.717) is 24.9 Å². The second-order valence-electron chi connectivity index (χ2n) is 6.35. The largest absolute Gasteiger partial charge is 0.493 e. The first-order valence-corrected chi connectivity index (χ1v) is 8.32. The van der Waals surface area contributed by atoms with Crippen LogP contribution in [0, 0.1) is 5.92 Å². The lowest BCUT2D eigenvalue weighted by Gasteiger charge is -2.27. The standard InChI is InChI=1S/C18H24O5/c1-21-16-4-2-3-14(15(11-17(19)20)12-5-6-12)18(16)23-13-7-9-22-10-8-13/h2-4,12-13,15H,5-11H2,1H3,(H,19,20). The van der Waals surface area contributed by atoms with E-state index in [4.69, 9.17) is 14.2 Å². The highest BCUT2D eigenvalue weighted by Crippen LogP contribution is 2.49. The third-order valence-electron chi connectivity index (χ3n) is 4.67. The van der Waals surface area contributed by atoms with E-state index >= 15 is 0 Å². The molecule has 1 aliphatic carbocycles. The number of ether oxygens (including phenoxy) is 3. The molecule has 5 nitrogen and oxygen atoms in total. The molecular formula is C18H24O5. The minimum absolute atomic E-state index is 0.00237. The van der Waals surface area contributed by atoms with Gasteiger partial charge in [-0.25, -0.2) is 0 Å². The molecule has 1 saturated carbocycles. The van der Waals surface area contributed by atoms with E-state index in [2.05, 4.69) is 0 Å². The summed E-state index contributed by atoms with van der Waals surface area (Å²) in [5, 5.41) is 9.27. The molecule has 23 heavy (non-hydrogen) atoms. The second kappa shape index (κ2) is 7.21. The Morgan fingerprint density at radius 2 is 2.04 bits per heavy atom. The Morgan fingerprint density at radius 3 is 2.65 bits per heavy atom. The van der Waals surface area contributed by atoms with Gasteiger partial charge in [0.2, 0.25) is 0 Å². The zero-order chi connectivity index (χ0) is 16.2. The van der Waals surface area contributed by atoms with E-state index in [1.807, 2.05) is 18.2 Å². The van der Waals surface area contributed by atoms with Crippen molar-refractivity contribution >= 4 is 5.97 Å². The van der Waals surface area contributed by atoms with Crippen LogP contribution in [0.25, 0.3) is 0 Å². The SMILES string of the molecule is COc1cccc(C(CC(=O)O)C2CC2)c1OC1CCOCC1. The summed E-state index contributed by atoms with van der Waals surface area (Å²) in [4.78, 5) is 11.3. The van der Waals surface area contributed by atoms with Gasteiger partial charge in [-0.3, -0.25) is 4.79 Å². The molecule has 0 spiro atoms. The molecule has 1 unspecified atom stereocenters. The summed E-state index contributed by atoms with van der Waals surface area (Å²) in [6.45, 7) is 1.41. The Balaban J connectivity index is 1.89. The first kappa shape index (κ1) is 16.1. The third-order valence-corrected chi connectivity index (χ3v) is 4.67. The highest BCUT2D eigenvalue weighted by molar-refractivity contribution is 5.69. The Hall–Kier alpha value is -1.75. The molecule has 5 heteroatoms. The predicted molar refractivity (Wildman–Crippen MR) is 85.2 cm³/mol. The molecule has 1 aromatic carbocycles. The van der Waals surface area contributed by atoms with Gasteiger partial charge >= 0.3 is 5.97 Å². The van der Waals surface area contributed by atoms with Gasteiger partial charge in [0.15, 0.2) is 11.5 Å². The van der Waals surface area contributed by atoms with Gasteiger partial charge in [-0.15, -0.1) is 0 Å². The number of carbonyl (C=O) groups is 1. The minimum atomic E-state index is -0.762. The number of methoxy groups -OCH3 is 1. The van der Waals surface area contributed by atoms with E-state index in [1.165, 1.54) is 0 Å². The molecule has 1 heterocycles. The predicted octanol–water partition coefficient (Wildman–Crippen LogP) is 3.22. The van der Waals surface area contributed by atoms with E-state index < -0.39 is 5.97 Å². The third kappa shape index (κ3) is 3.96. The van der Waals surface area contributed by atoms with Gasteiger partial charge in [0.25, 0.3) is 0 Å². The molecule has 2 aliphatic rings. The fourth-order valence-corrected chi connectivity index (χ4v) is 3.29. The minimum Gasteiger partial charge on any atom is -0.493 e. The molecule has 0 amide bonds. The summed E-state index contributed by atoms with van der Waals surface area (Å²) in [6.07, 6.45) is 4.12. The summed E-state index contributed by atoms with van der Waals surface area (Å²) >= 11 is 0. The van der Waals surface area contributed by atoms with Crippen LogP contribution in [0.15, 0.2) is 18.2 Å². The van der Waals surface area contributed by atoms with Crippen LogP contribution in [0.5, 0.6) is 11.5 Å². The van der Waals surface area contributed by atoms with Crippen molar-refractivity contribution < 1.29 is 24.1 Å². The Bertz CT molecular complexity index is 546. The molecule has 0 radical (unpaired) electrons. The van der Waals surface area contributed by atoms with E-state index in [1.54, 1.807) is 7.11 Å².